The lowest BCUT2D eigenvalue weighted by atomic mass is 9.94. The molecule has 4 heteroatoms. The van der Waals surface area contributed by atoms with Crippen LogP contribution in [0.3, 0.4) is 0 Å². The van der Waals surface area contributed by atoms with E-state index in [9.17, 15) is 0 Å². The first kappa shape index (κ1) is 27.1. The molecule has 0 amide bonds. The number of nitrogens with zero attached hydrogens (tertiary/aromatic N) is 2. The molecule has 0 aliphatic heterocycles. The van der Waals surface area contributed by atoms with Crippen LogP contribution < -0.4 is 0 Å². The van der Waals surface area contributed by atoms with Crippen LogP contribution in [0.15, 0.2) is 162 Å². The van der Waals surface area contributed by atoms with Gasteiger partial charge in [-0.05, 0) is 51.9 Å². The van der Waals surface area contributed by atoms with Gasteiger partial charge in [-0.3, -0.25) is 0 Å². The first-order chi connectivity index (χ1) is 23.8. The van der Waals surface area contributed by atoms with Crippen molar-refractivity contribution in [2.75, 3.05) is 0 Å². The van der Waals surface area contributed by atoms with Crippen LogP contribution in [0, 0.1) is 0 Å². The van der Waals surface area contributed by atoms with E-state index in [4.69, 9.17) is 14.4 Å². The number of aromatic nitrogens is 2. The molecule has 3 nitrogen and oxygen atoms in total. The minimum atomic E-state index is 0.713. The van der Waals surface area contributed by atoms with Gasteiger partial charge in [-0.2, -0.15) is 0 Å². The molecule has 10 aromatic rings. The molecule has 48 heavy (non-hydrogen) atoms. The largest absolute Gasteiger partial charge is 0.455 e. The fraction of sp³-hybridized carbons (Fsp3) is 0. The molecule has 0 N–H and O–H groups in total. The Hall–Kier alpha value is -6.10. The second-order valence-corrected chi connectivity index (χ2v) is 13.2. The van der Waals surface area contributed by atoms with Gasteiger partial charge in [0.25, 0.3) is 0 Å². The summed E-state index contributed by atoms with van der Waals surface area (Å²) in [6, 6.07) is 55.3. The molecule has 0 saturated carbocycles. The number of hydrogen-bond donors (Lipinski definition) is 0. The van der Waals surface area contributed by atoms with Crippen LogP contribution in [-0.4, -0.2) is 9.97 Å². The highest BCUT2D eigenvalue weighted by atomic mass is 32.1. The smallest absolute Gasteiger partial charge is 0.160 e. The fourth-order valence-corrected chi connectivity index (χ4v) is 8.22. The van der Waals surface area contributed by atoms with Crippen LogP contribution in [0.1, 0.15) is 0 Å². The molecular formula is C44H26N2OS. The minimum absolute atomic E-state index is 0.713. The fourth-order valence-electron chi connectivity index (χ4n) is 7.07. The van der Waals surface area contributed by atoms with E-state index in [1.54, 1.807) is 11.3 Å². The SMILES string of the molecule is c1ccc(-c2cccc(-c3nc(-c4cc5c(oc6cccc(-c7ccccc7)c65)c5ccccc45)c4sc5ccccc5c4n3)c2)cc1. The summed E-state index contributed by atoms with van der Waals surface area (Å²) >= 11 is 1.76. The molecule has 7 aromatic carbocycles. The summed E-state index contributed by atoms with van der Waals surface area (Å²) in [6.45, 7) is 0. The normalized spacial score (nSPS) is 11.8. The van der Waals surface area contributed by atoms with E-state index >= 15 is 0 Å². The Balaban J connectivity index is 1.31. The van der Waals surface area contributed by atoms with Crippen molar-refractivity contribution in [2.45, 2.75) is 0 Å². The maximum Gasteiger partial charge on any atom is 0.160 e. The van der Waals surface area contributed by atoms with Crippen molar-refractivity contribution in [3.8, 4) is 44.9 Å². The zero-order valence-corrected chi connectivity index (χ0v) is 26.5. The highest BCUT2D eigenvalue weighted by Gasteiger charge is 2.22. The van der Waals surface area contributed by atoms with E-state index in [0.29, 0.717) is 5.82 Å². The zero-order chi connectivity index (χ0) is 31.6. The first-order valence-electron chi connectivity index (χ1n) is 16.1. The molecule has 0 spiro atoms. The minimum Gasteiger partial charge on any atom is -0.455 e. The molecule has 3 aromatic heterocycles. The predicted octanol–water partition coefficient (Wildman–Crippen LogP) is 12.6. The third-order valence-electron chi connectivity index (χ3n) is 9.29. The summed E-state index contributed by atoms with van der Waals surface area (Å²) in [6.07, 6.45) is 0. The van der Waals surface area contributed by atoms with Crippen LogP contribution in [0.2, 0.25) is 0 Å². The molecule has 0 aliphatic carbocycles. The van der Waals surface area contributed by atoms with E-state index < -0.39 is 0 Å². The first-order valence-corrected chi connectivity index (χ1v) is 16.9. The predicted molar refractivity (Wildman–Crippen MR) is 201 cm³/mol. The van der Waals surface area contributed by atoms with Crippen molar-refractivity contribution in [2.24, 2.45) is 0 Å². The molecule has 224 valence electrons. The van der Waals surface area contributed by atoms with Crippen LogP contribution in [0.5, 0.6) is 0 Å². The van der Waals surface area contributed by atoms with Gasteiger partial charge in [0.1, 0.15) is 11.2 Å². The summed E-state index contributed by atoms with van der Waals surface area (Å²) in [4.78, 5) is 10.7. The molecule has 10 rings (SSSR count). The lowest BCUT2D eigenvalue weighted by molar-refractivity contribution is 0.673. The number of furan rings is 1. The number of fused-ring (bicyclic) bond motifs is 8. The standard InChI is InChI=1S/C44H26N2OS/c1-3-13-27(14-4-1)29-17-11-18-30(25-29)44-45-40-34-21-9-10-24-38(34)48-43(40)41(46-44)35-26-36-39-31(28-15-5-2-6-16-28)22-12-23-37(39)47-42(36)33-20-8-7-19-32(33)35/h1-26H. The Morgan fingerprint density at radius 1 is 0.458 bits per heavy atom. The average molecular weight is 631 g/mol. The van der Waals surface area contributed by atoms with Gasteiger partial charge >= 0.3 is 0 Å². The molecule has 0 saturated heterocycles. The van der Waals surface area contributed by atoms with E-state index in [0.717, 1.165) is 81.8 Å². The summed E-state index contributed by atoms with van der Waals surface area (Å²) in [5.41, 5.74) is 10.4. The van der Waals surface area contributed by atoms with Gasteiger partial charge in [-0.25, -0.2) is 9.97 Å². The lowest BCUT2D eigenvalue weighted by Crippen LogP contribution is -1.95. The van der Waals surface area contributed by atoms with Gasteiger partial charge in [0.15, 0.2) is 5.82 Å². The van der Waals surface area contributed by atoms with Gasteiger partial charge in [0.05, 0.1) is 15.9 Å². The van der Waals surface area contributed by atoms with E-state index in [-0.39, 0.29) is 0 Å². The van der Waals surface area contributed by atoms with Crippen LogP contribution in [0.4, 0.5) is 0 Å². The molecule has 0 radical (unpaired) electrons. The summed E-state index contributed by atoms with van der Waals surface area (Å²) in [5.74, 6) is 0.713. The van der Waals surface area contributed by atoms with Crippen molar-refractivity contribution in [3.05, 3.63) is 158 Å². The van der Waals surface area contributed by atoms with Gasteiger partial charge in [0.2, 0.25) is 0 Å². The molecule has 0 aliphatic rings. The van der Waals surface area contributed by atoms with Gasteiger partial charge in [0, 0.05) is 37.4 Å². The maximum absolute atomic E-state index is 6.67. The van der Waals surface area contributed by atoms with Crippen LogP contribution in [-0.2, 0) is 0 Å². The third-order valence-corrected chi connectivity index (χ3v) is 10.5. The van der Waals surface area contributed by atoms with Gasteiger partial charge in [-0.1, -0.05) is 133 Å². The van der Waals surface area contributed by atoms with Crippen molar-refractivity contribution < 1.29 is 4.42 Å². The zero-order valence-electron chi connectivity index (χ0n) is 25.7. The topological polar surface area (TPSA) is 38.9 Å². The molecule has 0 bridgehead atoms. The molecule has 0 atom stereocenters. The molecular weight excluding hydrogens is 605 g/mol. The highest BCUT2D eigenvalue weighted by molar-refractivity contribution is 7.26. The van der Waals surface area contributed by atoms with Crippen LogP contribution >= 0.6 is 11.3 Å². The number of thiophene rings is 1. The molecule has 3 heterocycles. The number of rotatable bonds is 4. The monoisotopic (exact) mass is 630 g/mol. The van der Waals surface area contributed by atoms with Crippen molar-refractivity contribution in [3.63, 3.8) is 0 Å². The Morgan fingerprint density at radius 2 is 1.12 bits per heavy atom. The quantitative estimate of drug-likeness (QED) is 0.194. The van der Waals surface area contributed by atoms with Gasteiger partial charge in [-0.15, -0.1) is 11.3 Å². The van der Waals surface area contributed by atoms with Crippen LogP contribution in [0.25, 0.3) is 97.9 Å². The Morgan fingerprint density at radius 3 is 1.96 bits per heavy atom. The average Bonchev–Trinajstić information content (AvgIpc) is 3.74. The molecule has 0 unspecified atom stereocenters. The number of hydrogen-bond acceptors (Lipinski definition) is 4. The summed E-state index contributed by atoms with van der Waals surface area (Å²) in [5, 5.41) is 5.52. The van der Waals surface area contributed by atoms with E-state index in [2.05, 4.69) is 152 Å². The Kier molecular flexibility index (Phi) is 6.05. The highest BCUT2D eigenvalue weighted by Crippen LogP contribution is 2.46. The summed E-state index contributed by atoms with van der Waals surface area (Å²) in [7, 11) is 0. The lowest BCUT2D eigenvalue weighted by Gasteiger charge is -2.12. The van der Waals surface area contributed by atoms with Gasteiger partial charge < -0.3 is 4.42 Å². The Labute approximate surface area is 280 Å². The molecule has 0 fully saturated rings. The van der Waals surface area contributed by atoms with Crippen molar-refractivity contribution >= 4 is 64.4 Å². The van der Waals surface area contributed by atoms with Crippen molar-refractivity contribution in [1.29, 1.82) is 0 Å². The third kappa shape index (κ3) is 4.20. The van der Waals surface area contributed by atoms with Crippen molar-refractivity contribution in [1.82, 2.24) is 9.97 Å². The van der Waals surface area contributed by atoms with E-state index in [1.165, 1.54) is 10.3 Å². The number of benzene rings is 7. The maximum atomic E-state index is 6.67. The second kappa shape index (κ2) is 10.7. The second-order valence-electron chi connectivity index (χ2n) is 12.1. The summed E-state index contributed by atoms with van der Waals surface area (Å²) < 4.78 is 8.95. The Bertz CT molecular complexity index is 2830. The van der Waals surface area contributed by atoms with E-state index in [1.807, 2.05) is 6.07 Å².